The molecule has 1 spiro atoms. The Morgan fingerprint density at radius 1 is 1.03 bits per heavy atom. The quantitative estimate of drug-likeness (QED) is 0.462. The number of aromatic nitrogens is 1. The molecule has 1 saturated heterocycles. The Morgan fingerprint density at radius 3 is 2.35 bits per heavy atom. The van der Waals surface area contributed by atoms with Gasteiger partial charge in [0, 0.05) is 25.3 Å². The summed E-state index contributed by atoms with van der Waals surface area (Å²) < 4.78 is 46.9. The van der Waals surface area contributed by atoms with E-state index in [1.807, 2.05) is 6.92 Å². The van der Waals surface area contributed by atoms with Crippen LogP contribution in [0.2, 0.25) is 0 Å². The van der Waals surface area contributed by atoms with Gasteiger partial charge >= 0.3 is 6.18 Å². The number of alkyl halides is 3. The molecule has 2 aromatic rings. The maximum atomic E-state index is 13.4. The van der Waals surface area contributed by atoms with Gasteiger partial charge in [-0.3, -0.25) is 9.88 Å². The number of ether oxygens (including phenoxy) is 1. The number of benzene rings is 1. The zero-order chi connectivity index (χ0) is 24.3. The first kappa shape index (κ1) is 25.0. The number of fused-ring (bicyclic) bond motifs is 1. The van der Waals surface area contributed by atoms with Gasteiger partial charge in [-0.1, -0.05) is 45.2 Å². The third kappa shape index (κ3) is 6.12. The molecule has 1 atom stereocenters. The highest BCUT2D eigenvalue weighted by Crippen LogP contribution is 2.42. The van der Waals surface area contributed by atoms with Crippen LogP contribution in [0.5, 0.6) is 5.75 Å². The highest BCUT2D eigenvalue weighted by molar-refractivity contribution is 5.40. The summed E-state index contributed by atoms with van der Waals surface area (Å²) in [6.45, 7) is 7.66. The molecule has 5 rings (SSSR count). The summed E-state index contributed by atoms with van der Waals surface area (Å²) in [4.78, 5) is 6.20. The second kappa shape index (κ2) is 10.3. The lowest BCUT2D eigenvalue weighted by molar-refractivity contribution is -0.139. The molecule has 34 heavy (non-hydrogen) atoms. The molecule has 3 heterocycles. The van der Waals surface area contributed by atoms with Crippen LogP contribution >= 0.6 is 0 Å². The predicted molar refractivity (Wildman–Crippen MR) is 129 cm³/mol. The van der Waals surface area contributed by atoms with Gasteiger partial charge in [-0.25, -0.2) is 0 Å². The van der Waals surface area contributed by atoms with E-state index in [2.05, 4.69) is 41.9 Å². The minimum absolute atomic E-state index is 0.110. The first-order chi connectivity index (χ1) is 16.2. The van der Waals surface area contributed by atoms with Crippen LogP contribution in [0, 0.1) is 5.92 Å². The molecule has 2 aliphatic heterocycles. The van der Waals surface area contributed by atoms with Crippen molar-refractivity contribution in [2.75, 3.05) is 13.1 Å². The summed E-state index contributed by atoms with van der Waals surface area (Å²) in [6.07, 6.45) is 6.18. The zero-order valence-corrected chi connectivity index (χ0v) is 20.6. The van der Waals surface area contributed by atoms with Gasteiger partial charge in [0.2, 0.25) is 0 Å². The van der Waals surface area contributed by atoms with Crippen molar-refractivity contribution in [3.63, 3.8) is 0 Å². The number of aryl methyl sites for hydroxylation is 1. The van der Waals surface area contributed by atoms with Gasteiger partial charge in [0.15, 0.2) is 0 Å². The molecule has 1 unspecified atom stereocenters. The van der Waals surface area contributed by atoms with Gasteiger partial charge in [0.25, 0.3) is 0 Å². The lowest BCUT2D eigenvalue weighted by atomic mass is 9.82. The van der Waals surface area contributed by atoms with Crippen molar-refractivity contribution in [3.8, 4) is 5.75 Å². The van der Waals surface area contributed by atoms with Crippen molar-refractivity contribution in [3.05, 3.63) is 58.9 Å². The molecule has 0 radical (unpaired) electrons. The second-order valence-electron chi connectivity index (χ2n) is 10.5. The summed E-state index contributed by atoms with van der Waals surface area (Å²) in [5, 5.41) is 0. The molecular formula is C28H37F3N2O. The van der Waals surface area contributed by atoms with Crippen molar-refractivity contribution in [1.29, 1.82) is 0 Å². The van der Waals surface area contributed by atoms with Crippen LogP contribution in [-0.2, 0) is 19.0 Å². The van der Waals surface area contributed by atoms with Crippen LogP contribution in [0.4, 0.5) is 13.2 Å². The largest absolute Gasteiger partial charge is 0.487 e. The van der Waals surface area contributed by atoms with Crippen molar-refractivity contribution in [2.24, 2.45) is 5.92 Å². The fraction of sp³-hybridized carbons (Fsp3) is 0.607. The first-order valence-corrected chi connectivity index (χ1v) is 12.7. The Morgan fingerprint density at radius 2 is 1.74 bits per heavy atom. The lowest BCUT2D eigenvalue weighted by Gasteiger charge is -2.46. The molecule has 2 fully saturated rings. The van der Waals surface area contributed by atoms with E-state index in [0.29, 0.717) is 19.0 Å². The molecule has 0 amide bonds. The standard InChI is InChI=1S/C25H31F3N2O.C3H6/c1-17(2)15-19-6-7-20-8-9-24(31-22(20)16-19)10-13-30(14-11-24)18(3)23-21(25(26,27)28)5-4-12-29-23;1-2-3-1/h4-7,12,16-18H,8-11,13-15H2,1-3H3;1-3H2. The van der Waals surface area contributed by atoms with Crippen molar-refractivity contribution < 1.29 is 17.9 Å². The number of hydrogen-bond donors (Lipinski definition) is 0. The smallest absolute Gasteiger partial charge is 0.418 e. The highest BCUT2D eigenvalue weighted by atomic mass is 19.4. The summed E-state index contributed by atoms with van der Waals surface area (Å²) >= 11 is 0. The number of piperidine rings is 1. The number of pyridine rings is 1. The molecule has 0 N–H and O–H groups in total. The predicted octanol–water partition coefficient (Wildman–Crippen LogP) is 7.39. The number of halogens is 3. The van der Waals surface area contributed by atoms with Crippen LogP contribution in [0.3, 0.4) is 0 Å². The molecule has 1 saturated carbocycles. The van der Waals surface area contributed by atoms with Crippen LogP contribution in [0.25, 0.3) is 0 Å². The van der Waals surface area contributed by atoms with Gasteiger partial charge in [0.05, 0.1) is 11.3 Å². The summed E-state index contributed by atoms with van der Waals surface area (Å²) in [5.41, 5.74) is 1.82. The summed E-state index contributed by atoms with van der Waals surface area (Å²) in [7, 11) is 0. The first-order valence-electron chi connectivity index (χ1n) is 12.7. The van der Waals surface area contributed by atoms with Crippen LogP contribution in [0.15, 0.2) is 36.5 Å². The average Bonchev–Trinajstić information content (AvgIpc) is 3.68. The van der Waals surface area contributed by atoms with Gasteiger partial charge in [-0.2, -0.15) is 13.2 Å². The Labute approximate surface area is 201 Å². The second-order valence-corrected chi connectivity index (χ2v) is 10.5. The lowest BCUT2D eigenvalue weighted by Crippen LogP contribution is -2.50. The SMILES string of the molecule is C1CC1.CC(C)Cc1ccc2c(c1)OC1(CC2)CCN(C(C)c2ncccc2C(F)(F)F)CC1. The fourth-order valence-corrected chi connectivity index (χ4v) is 4.98. The molecule has 1 aromatic carbocycles. The maximum absolute atomic E-state index is 13.4. The maximum Gasteiger partial charge on any atom is 0.418 e. The van der Waals surface area contributed by atoms with Crippen LogP contribution in [0.1, 0.15) is 87.7 Å². The van der Waals surface area contributed by atoms with Crippen molar-refractivity contribution >= 4 is 0 Å². The van der Waals surface area contributed by atoms with E-state index < -0.39 is 11.7 Å². The molecule has 3 aliphatic rings. The van der Waals surface area contributed by atoms with Crippen molar-refractivity contribution in [2.45, 2.75) is 90.0 Å². The zero-order valence-electron chi connectivity index (χ0n) is 20.6. The normalized spacial score (nSPS) is 20.2. The number of rotatable bonds is 4. The minimum atomic E-state index is -4.39. The Kier molecular flexibility index (Phi) is 7.56. The topological polar surface area (TPSA) is 25.4 Å². The third-order valence-corrected chi connectivity index (χ3v) is 7.10. The average molecular weight is 475 g/mol. The molecule has 1 aliphatic carbocycles. The van der Waals surface area contributed by atoms with E-state index in [9.17, 15) is 13.2 Å². The van der Waals surface area contributed by atoms with E-state index in [4.69, 9.17) is 4.74 Å². The molecular weight excluding hydrogens is 437 g/mol. The Bertz CT molecular complexity index is 960. The summed E-state index contributed by atoms with van der Waals surface area (Å²) in [5.74, 6) is 1.59. The van der Waals surface area contributed by atoms with E-state index in [1.54, 1.807) is 0 Å². The van der Waals surface area contributed by atoms with Gasteiger partial charge in [-0.05, 0) is 74.3 Å². The van der Waals surface area contributed by atoms with Crippen LogP contribution in [-0.4, -0.2) is 28.6 Å². The summed E-state index contributed by atoms with van der Waals surface area (Å²) in [6, 6.07) is 8.68. The van der Waals surface area contributed by atoms with Crippen molar-refractivity contribution in [1.82, 2.24) is 9.88 Å². The van der Waals surface area contributed by atoms with Crippen LogP contribution < -0.4 is 4.74 Å². The Hall–Kier alpha value is -2.08. The molecule has 3 nitrogen and oxygen atoms in total. The van der Waals surface area contributed by atoms with Gasteiger partial charge in [0.1, 0.15) is 11.4 Å². The number of hydrogen-bond acceptors (Lipinski definition) is 3. The number of nitrogens with zero attached hydrogens (tertiary/aromatic N) is 2. The minimum Gasteiger partial charge on any atom is -0.487 e. The van der Waals surface area contributed by atoms with E-state index in [-0.39, 0.29) is 17.3 Å². The molecule has 186 valence electrons. The van der Waals surface area contributed by atoms with Gasteiger partial charge < -0.3 is 4.74 Å². The third-order valence-electron chi connectivity index (χ3n) is 7.10. The molecule has 0 bridgehead atoms. The molecule has 6 heteroatoms. The van der Waals surface area contributed by atoms with E-state index >= 15 is 0 Å². The number of likely N-dealkylation sites (tertiary alicyclic amines) is 1. The Balaban J connectivity index is 0.000000846. The van der Waals surface area contributed by atoms with E-state index in [0.717, 1.165) is 43.9 Å². The highest BCUT2D eigenvalue weighted by Gasteiger charge is 2.42. The van der Waals surface area contributed by atoms with Gasteiger partial charge in [-0.15, -0.1) is 0 Å². The fourth-order valence-electron chi connectivity index (χ4n) is 4.98. The monoisotopic (exact) mass is 474 g/mol. The molecule has 1 aromatic heterocycles. The van der Waals surface area contributed by atoms with E-state index in [1.165, 1.54) is 42.7 Å².